The largest absolute Gasteiger partial charge is 0.317 e. The molecule has 0 atom stereocenters. The first-order chi connectivity index (χ1) is 7.07. The van der Waals surface area contributed by atoms with Crippen molar-refractivity contribution in [3.05, 3.63) is 11.3 Å². The molecule has 0 saturated carbocycles. The molecule has 0 N–H and O–H groups in total. The number of nitrogens with zero attached hydrogens (tertiary/aromatic N) is 1. The van der Waals surface area contributed by atoms with Gasteiger partial charge in [-0.05, 0) is 37.7 Å². The lowest BCUT2D eigenvalue weighted by molar-refractivity contribution is -0.128. The zero-order chi connectivity index (χ0) is 12.7. The van der Waals surface area contributed by atoms with Crippen molar-refractivity contribution in [2.45, 2.75) is 44.9 Å². The van der Waals surface area contributed by atoms with Crippen LogP contribution >= 0.6 is 23.2 Å². The second-order valence-electron chi connectivity index (χ2n) is 5.21. The van der Waals surface area contributed by atoms with Gasteiger partial charge >= 0.3 is 0 Å². The van der Waals surface area contributed by atoms with Gasteiger partial charge in [0.25, 0.3) is 5.91 Å². The molecule has 0 bridgehead atoms. The van der Waals surface area contributed by atoms with Crippen LogP contribution in [0, 0.1) is 5.41 Å². The molecular formula is C12H19Cl2NO. The summed E-state index contributed by atoms with van der Waals surface area (Å²) in [6.07, 6.45) is 1.97. The fourth-order valence-electron chi connectivity index (χ4n) is 2.03. The average Bonchev–Trinajstić information content (AvgIpc) is 2.39. The summed E-state index contributed by atoms with van der Waals surface area (Å²) in [5, 5.41) is 0. The number of hydrogen-bond acceptors (Lipinski definition) is 1. The topological polar surface area (TPSA) is 20.3 Å². The Kier molecular flexibility index (Phi) is 3.66. The lowest BCUT2D eigenvalue weighted by atomic mass is 9.87. The van der Waals surface area contributed by atoms with E-state index in [1.54, 1.807) is 11.9 Å². The van der Waals surface area contributed by atoms with E-state index in [9.17, 15) is 4.79 Å². The van der Waals surface area contributed by atoms with Crippen molar-refractivity contribution in [1.29, 1.82) is 0 Å². The highest BCUT2D eigenvalue weighted by Crippen LogP contribution is 2.43. The number of halogens is 2. The first kappa shape index (κ1) is 13.9. The van der Waals surface area contributed by atoms with E-state index in [1.165, 1.54) is 12.5 Å². The second-order valence-corrected chi connectivity index (χ2v) is 6.91. The number of alkyl halides is 2. The number of hydrogen-bond donors (Lipinski definition) is 0. The third-order valence-corrected chi connectivity index (χ3v) is 3.84. The summed E-state index contributed by atoms with van der Waals surface area (Å²) in [7, 11) is 1.74. The maximum Gasteiger partial charge on any atom is 0.262 e. The van der Waals surface area contributed by atoms with E-state index < -0.39 is 4.33 Å². The van der Waals surface area contributed by atoms with Crippen LogP contribution in [0.3, 0.4) is 0 Å². The zero-order valence-corrected chi connectivity index (χ0v) is 12.0. The van der Waals surface area contributed by atoms with Gasteiger partial charge in [-0.2, -0.15) is 0 Å². The fraction of sp³-hybridized carbons (Fsp3) is 0.750. The van der Waals surface area contributed by atoms with Crippen molar-refractivity contribution in [1.82, 2.24) is 4.90 Å². The summed E-state index contributed by atoms with van der Waals surface area (Å²) in [6.45, 7) is 7.96. The molecule has 1 rings (SSSR count). The molecule has 0 unspecified atom stereocenters. The van der Waals surface area contributed by atoms with Crippen LogP contribution in [0.4, 0.5) is 0 Å². The maximum absolute atomic E-state index is 11.9. The van der Waals surface area contributed by atoms with E-state index >= 15 is 0 Å². The van der Waals surface area contributed by atoms with E-state index in [0.29, 0.717) is 0 Å². The molecule has 1 amide bonds. The molecule has 0 fully saturated rings. The molecule has 0 spiro atoms. The van der Waals surface area contributed by atoms with E-state index in [2.05, 4.69) is 20.8 Å². The highest BCUT2D eigenvalue weighted by atomic mass is 35.5. The van der Waals surface area contributed by atoms with E-state index in [-0.39, 0.29) is 11.3 Å². The maximum atomic E-state index is 11.9. The van der Waals surface area contributed by atoms with Crippen molar-refractivity contribution in [2.75, 3.05) is 7.05 Å². The van der Waals surface area contributed by atoms with Crippen LogP contribution in [0.5, 0.6) is 0 Å². The molecule has 0 heterocycles. The Hall–Kier alpha value is -0.210. The molecule has 16 heavy (non-hydrogen) atoms. The van der Waals surface area contributed by atoms with Crippen LogP contribution in [0.25, 0.3) is 0 Å². The monoisotopic (exact) mass is 263 g/mol. The molecule has 1 aliphatic rings. The van der Waals surface area contributed by atoms with Crippen LogP contribution in [-0.4, -0.2) is 22.2 Å². The third kappa shape index (κ3) is 2.54. The number of allylic oxidation sites excluding steroid dienone is 2. The van der Waals surface area contributed by atoms with E-state index in [0.717, 1.165) is 18.5 Å². The van der Waals surface area contributed by atoms with Crippen molar-refractivity contribution in [3.8, 4) is 0 Å². The summed E-state index contributed by atoms with van der Waals surface area (Å²) in [6, 6.07) is 0. The minimum Gasteiger partial charge on any atom is -0.317 e. The van der Waals surface area contributed by atoms with Gasteiger partial charge in [0.15, 0.2) is 4.33 Å². The molecule has 0 aromatic heterocycles. The van der Waals surface area contributed by atoms with Gasteiger partial charge in [-0.25, -0.2) is 0 Å². The molecule has 0 saturated heterocycles. The van der Waals surface area contributed by atoms with Crippen LogP contribution in [-0.2, 0) is 4.79 Å². The van der Waals surface area contributed by atoms with Gasteiger partial charge in [-0.1, -0.05) is 37.0 Å². The number of amides is 1. The van der Waals surface area contributed by atoms with Gasteiger partial charge in [0.1, 0.15) is 0 Å². The standard InChI is InChI=1S/C12H19Cl2NO/c1-8-9(6-7-11(8,2)3)15(5)10(16)12(4,13)14/h6-7H2,1-5H3. The Morgan fingerprint density at radius 1 is 1.44 bits per heavy atom. The Morgan fingerprint density at radius 2 is 1.94 bits per heavy atom. The lowest BCUT2D eigenvalue weighted by Crippen LogP contribution is -2.37. The van der Waals surface area contributed by atoms with Gasteiger partial charge in [0, 0.05) is 12.7 Å². The highest BCUT2D eigenvalue weighted by Gasteiger charge is 2.37. The quantitative estimate of drug-likeness (QED) is 0.696. The average molecular weight is 264 g/mol. The van der Waals surface area contributed by atoms with Gasteiger partial charge in [-0.3, -0.25) is 4.79 Å². The molecular weight excluding hydrogens is 245 g/mol. The molecule has 1 aliphatic carbocycles. The van der Waals surface area contributed by atoms with E-state index in [1.807, 2.05) is 0 Å². The summed E-state index contributed by atoms with van der Waals surface area (Å²) >= 11 is 11.7. The Bertz CT molecular complexity index is 339. The molecule has 0 aromatic carbocycles. The van der Waals surface area contributed by atoms with Crippen molar-refractivity contribution in [2.24, 2.45) is 5.41 Å². The van der Waals surface area contributed by atoms with Gasteiger partial charge in [-0.15, -0.1) is 0 Å². The van der Waals surface area contributed by atoms with Crippen molar-refractivity contribution >= 4 is 29.1 Å². The molecule has 92 valence electrons. The predicted molar refractivity (Wildman–Crippen MR) is 68.6 cm³/mol. The number of carbonyl (C=O) groups is 1. The molecule has 4 heteroatoms. The number of rotatable bonds is 2. The van der Waals surface area contributed by atoms with Crippen LogP contribution in [0.2, 0.25) is 0 Å². The van der Waals surface area contributed by atoms with Crippen LogP contribution < -0.4 is 0 Å². The molecule has 0 radical (unpaired) electrons. The highest BCUT2D eigenvalue weighted by molar-refractivity contribution is 6.57. The summed E-state index contributed by atoms with van der Waals surface area (Å²) in [5.41, 5.74) is 2.47. The number of carbonyl (C=O) groups excluding carboxylic acids is 1. The summed E-state index contributed by atoms with van der Waals surface area (Å²) in [5.74, 6) is -0.261. The Morgan fingerprint density at radius 3 is 2.25 bits per heavy atom. The van der Waals surface area contributed by atoms with Gasteiger partial charge < -0.3 is 4.90 Å². The van der Waals surface area contributed by atoms with Crippen molar-refractivity contribution < 1.29 is 4.79 Å². The predicted octanol–water partition coefficient (Wildman–Crippen LogP) is 3.73. The zero-order valence-electron chi connectivity index (χ0n) is 10.5. The van der Waals surface area contributed by atoms with Gasteiger partial charge in [0.2, 0.25) is 0 Å². The van der Waals surface area contributed by atoms with Crippen LogP contribution in [0.15, 0.2) is 11.3 Å². The second kappa shape index (κ2) is 4.23. The van der Waals surface area contributed by atoms with Gasteiger partial charge in [0.05, 0.1) is 0 Å². The van der Waals surface area contributed by atoms with E-state index in [4.69, 9.17) is 23.2 Å². The van der Waals surface area contributed by atoms with Crippen LogP contribution in [0.1, 0.15) is 40.5 Å². The first-order valence-electron chi connectivity index (χ1n) is 5.43. The molecule has 0 aliphatic heterocycles. The third-order valence-electron chi connectivity index (χ3n) is 3.52. The fourth-order valence-corrected chi connectivity index (χ4v) is 2.29. The SMILES string of the molecule is CC1=C(N(C)C(=O)C(C)(Cl)Cl)CCC1(C)C. The summed E-state index contributed by atoms with van der Waals surface area (Å²) < 4.78 is -1.35. The Balaban J connectivity index is 2.97. The minimum atomic E-state index is -1.35. The van der Waals surface area contributed by atoms with Crippen molar-refractivity contribution in [3.63, 3.8) is 0 Å². The Labute approximate surface area is 108 Å². The first-order valence-corrected chi connectivity index (χ1v) is 6.19. The lowest BCUT2D eigenvalue weighted by Gasteiger charge is -2.26. The smallest absolute Gasteiger partial charge is 0.262 e. The molecule has 2 nitrogen and oxygen atoms in total. The minimum absolute atomic E-state index is 0.166. The summed E-state index contributed by atoms with van der Waals surface area (Å²) in [4.78, 5) is 13.5. The normalized spacial score (nSPS) is 20.2. The molecule has 0 aromatic rings.